The number of aromatic nitrogens is 1. The highest BCUT2D eigenvalue weighted by molar-refractivity contribution is 7.89. The molecule has 1 heterocycles. The first kappa shape index (κ1) is 21.1. The third-order valence-corrected chi connectivity index (χ3v) is 5.72. The molecule has 0 saturated heterocycles. The summed E-state index contributed by atoms with van der Waals surface area (Å²) < 4.78 is 27.8. The minimum atomic E-state index is -3.73. The number of amides is 1. The Bertz CT molecular complexity index is 967. The van der Waals surface area contributed by atoms with Crippen molar-refractivity contribution in [3.05, 3.63) is 52.3 Å². The van der Waals surface area contributed by atoms with E-state index in [1.807, 2.05) is 26.8 Å². The van der Waals surface area contributed by atoms with E-state index in [1.165, 1.54) is 12.1 Å². The number of carbonyl (C=O) groups excluding carboxylic acids is 1. The standard InChI is InChI=1S/C20H27N3O3S/c1-12-8-9-16(27(25,26)23-20(5,6)7)11-17(12)19(24)22-18-13(2)10-14(3)21-15(18)4/h8-11,23H,1-7H3,(H,22,24). The van der Waals surface area contributed by atoms with Gasteiger partial charge in [-0.3, -0.25) is 9.78 Å². The summed E-state index contributed by atoms with van der Waals surface area (Å²) in [7, 11) is -3.73. The van der Waals surface area contributed by atoms with Gasteiger partial charge in [-0.1, -0.05) is 6.07 Å². The van der Waals surface area contributed by atoms with Crippen molar-refractivity contribution in [3.63, 3.8) is 0 Å². The Hall–Kier alpha value is -2.25. The number of sulfonamides is 1. The molecule has 2 N–H and O–H groups in total. The highest BCUT2D eigenvalue weighted by Crippen LogP contribution is 2.22. The summed E-state index contributed by atoms with van der Waals surface area (Å²) in [5.74, 6) is -0.364. The van der Waals surface area contributed by atoms with Gasteiger partial charge in [0.05, 0.1) is 16.3 Å². The second kappa shape index (κ2) is 7.40. The van der Waals surface area contributed by atoms with Crippen LogP contribution < -0.4 is 10.0 Å². The fourth-order valence-corrected chi connectivity index (χ4v) is 4.31. The minimum Gasteiger partial charge on any atom is -0.320 e. The molecule has 0 aliphatic carbocycles. The zero-order valence-corrected chi connectivity index (χ0v) is 17.7. The molecule has 0 fully saturated rings. The average Bonchev–Trinajstić information content (AvgIpc) is 2.48. The highest BCUT2D eigenvalue weighted by Gasteiger charge is 2.24. The number of aryl methyl sites for hydroxylation is 4. The van der Waals surface area contributed by atoms with Crippen molar-refractivity contribution in [2.75, 3.05) is 5.32 Å². The van der Waals surface area contributed by atoms with Crippen LogP contribution in [0.15, 0.2) is 29.2 Å². The number of pyridine rings is 1. The van der Waals surface area contributed by atoms with Gasteiger partial charge >= 0.3 is 0 Å². The molecule has 0 spiro atoms. The molecule has 0 aliphatic heterocycles. The number of rotatable bonds is 4. The maximum atomic E-state index is 12.8. The van der Waals surface area contributed by atoms with E-state index in [1.54, 1.807) is 33.8 Å². The number of hydrogen-bond donors (Lipinski definition) is 2. The second-order valence-corrected chi connectivity index (χ2v) is 9.51. The van der Waals surface area contributed by atoms with Gasteiger partial charge in [-0.2, -0.15) is 0 Å². The molecule has 2 rings (SSSR count). The molecule has 1 aromatic heterocycles. The van der Waals surface area contributed by atoms with E-state index in [0.717, 1.165) is 17.0 Å². The van der Waals surface area contributed by atoms with Crippen LogP contribution in [-0.2, 0) is 10.0 Å². The molecule has 0 atom stereocenters. The molecule has 2 aromatic rings. The Morgan fingerprint density at radius 1 is 1.00 bits per heavy atom. The third-order valence-electron chi connectivity index (χ3n) is 3.97. The Kier molecular flexibility index (Phi) is 5.77. The summed E-state index contributed by atoms with van der Waals surface area (Å²) in [6, 6.07) is 6.44. The first-order valence-electron chi connectivity index (χ1n) is 8.71. The number of nitrogens with zero attached hydrogens (tertiary/aromatic N) is 1. The summed E-state index contributed by atoms with van der Waals surface area (Å²) in [6.45, 7) is 12.7. The Morgan fingerprint density at radius 3 is 2.19 bits per heavy atom. The van der Waals surface area contributed by atoms with Crippen LogP contribution >= 0.6 is 0 Å². The van der Waals surface area contributed by atoms with Crippen molar-refractivity contribution in [2.24, 2.45) is 0 Å². The Balaban J connectivity index is 2.41. The van der Waals surface area contributed by atoms with Crippen LogP contribution in [0.4, 0.5) is 5.69 Å². The van der Waals surface area contributed by atoms with Crippen LogP contribution in [0.3, 0.4) is 0 Å². The van der Waals surface area contributed by atoms with Gasteiger partial charge in [0.15, 0.2) is 0 Å². The van der Waals surface area contributed by atoms with Crippen molar-refractivity contribution in [2.45, 2.75) is 58.9 Å². The summed E-state index contributed by atoms with van der Waals surface area (Å²) in [6.07, 6.45) is 0. The lowest BCUT2D eigenvalue weighted by molar-refractivity contribution is 0.102. The smallest absolute Gasteiger partial charge is 0.256 e. The van der Waals surface area contributed by atoms with E-state index in [0.29, 0.717) is 16.8 Å². The van der Waals surface area contributed by atoms with Gasteiger partial charge in [-0.25, -0.2) is 13.1 Å². The third kappa shape index (κ3) is 5.14. The van der Waals surface area contributed by atoms with Crippen molar-refractivity contribution in [3.8, 4) is 0 Å². The zero-order chi connectivity index (χ0) is 20.6. The number of benzene rings is 1. The summed E-state index contributed by atoms with van der Waals surface area (Å²) in [5.41, 5.74) is 3.53. The molecule has 0 bridgehead atoms. The van der Waals surface area contributed by atoms with E-state index in [9.17, 15) is 13.2 Å². The highest BCUT2D eigenvalue weighted by atomic mass is 32.2. The molecule has 0 unspecified atom stereocenters. The number of nitrogens with one attached hydrogen (secondary N) is 2. The molecular weight excluding hydrogens is 362 g/mol. The Morgan fingerprint density at radius 2 is 1.63 bits per heavy atom. The SMILES string of the molecule is Cc1cc(C)c(NC(=O)c2cc(S(=O)(=O)NC(C)(C)C)ccc2C)c(C)n1. The van der Waals surface area contributed by atoms with E-state index in [2.05, 4.69) is 15.0 Å². The molecule has 0 aliphatic rings. The summed E-state index contributed by atoms with van der Waals surface area (Å²) in [4.78, 5) is 17.3. The van der Waals surface area contributed by atoms with Crippen LogP contribution in [0.5, 0.6) is 0 Å². The first-order chi connectivity index (χ1) is 12.3. The zero-order valence-electron chi connectivity index (χ0n) is 16.9. The molecule has 7 heteroatoms. The number of anilines is 1. The fraction of sp³-hybridized carbons (Fsp3) is 0.400. The number of hydrogen-bond acceptors (Lipinski definition) is 4. The van der Waals surface area contributed by atoms with Gasteiger partial charge in [0.2, 0.25) is 10.0 Å². The van der Waals surface area contributed by atoms with Gasteiger partial charge in [-0.15, -0.1) is 0 Å². The van der Waals surface area contributed by atoms with E-state index >= 15 is 0 Å². The molecule has 0 radical (unpaired) electrons. The van der Waals surface area contributed by atoms with E-state index < -0.39 is 15.6 Å². The maximum absolute atomic E-state index is 12.8. The largest absolute Gasteiger partial charge is 0.320 e. The average molecular weight is 390 g/mol. The van der Waals surface area contributed by atoms with E-state index in [-0.39, 0.29) is 10.8 Å². The molecular formula is C20H27N3O3S. The monoisotopic (exact) mass is 389 g/mol. The lowest BCUT2D eigenvalue weighted by Crippen LogP contribution is -2.40. The van der Waals surface area contributed by atoms with Crippen LogP contribution in [-0.4, -0.2) is 24.8 Å². The minimum absolute atomic E-state index is 0.0589. The lowest BCUT2D eigenvalue weighted by Gasteiger charge is -2.21. The van der Waals surface area contributed by atoms with Crippen LogP contribution in [0, 0.1) is 27.7 Å². The van der Waals surface area contributed by atoms with Gasteiger partial charge in [0.25, 0.3) is 5.91 Å². The molecule has 27 heavy (non-hydrogen) atoms. The van der Waals surface area contributed by atoms with Crippen LogP contribution in [0.2, 0.25) is 0 Å². The van der Waals surface area contributed by atoms with Gasteiger partial charge in [0, 0.05) is 16.8 Å². The van der Waals surface area contributed by atoms with Crippen molar-refractivity contribution < 1.29 is 13.2 Å². The molecule has 0 saturated carbocycles. The van der Waals surface area contributed by atoms with Crippen LogP contribution in [0.1, 0.15) is 53.6 Å². The van der Waals surface area contributed by atoms with Gasteiger partial charge in [-0.05, 0) is 77.8 Å². The second-order valence-electron chi connectivity index (χ2n) is 7.83. The van der Waals surface area contributed by atoms with Crippen molar-refractivity contribution in [1.82, 2.24) is 9.71 Å². The Labute approximate surface area is 161 Å². The van der Waals surface area contributed by atoms with Crippen molar-refractivity contribution >= 4 is 21.6 Å². The topological polar surface area (TPSA) is 88.2 Å². The summed E-state index contributed by atoms with van der Waals surface area (Å²) in [5, 5.41) is 2.87. The van der Waals surface area contributed by atoms with Gasteiger partial charge < -0.3 is 5.32 Å². The predicted molar refractivity (Wildman–Crippen MR) is 108 cm³/mol. The predicted octanol–water partition coefficient (Wildman–Crippen LogP) is 3.64. The number of carbonyl (C=O) groups is 1. The first-order valence-corrected chi connectivity index (χ1v) is 10.2. The van der Waals surface area contributed by atoms with E-state index in [4.69, 9.17) is 0 Å². The quantitative estimate of drug-likeness (QED) is 0.835. The van der Waals surface area contributed by atoms with Crippen LogP contribution in [0.25, 0.3) is 0 Å². The molecule has 6 nitrogen and oxygen atoms in total. The summed E-state index contributed by atoms with van der Waals surface area (Å²) >= 11 is 0. The fourth-order valence-electron chi connectivity index (χ4n) is 2.87. The van der Waals surface area contributed by atoms with Crippen molar-refractivity contribution in [1.29, 1.82) is 0 Å². The molecule has 1 amide bonds. The normalized spacial score (nSPS) is 12.1. The molecule has 146 valence electrons. The lowest BCUT2D eigenvalue weighted by atomic mass is 10.1. The maximum Gasteiger partial charge on any atom is 0.256 e. The molecule has 1 aromatic carbocycles. The van der Waals surface area contributed by atoms with Gasteiger partial charge in [0.1, 0.15) is 0 Å².